The fraction of sp³-hybridized carbons (Fsp3) is 0.467. The molecule has 0 aromatic heterocycles. The maximum absolute atomic E-state index is 12.7. The van der Waals surface area contributed by atoms with E-state index >= 15 is 0 Å². The van der Waals surface area contributed by atoms with Gasteiger partial charge in [-0.15, -0.1) is 0 Å². The van der Waals surface area contributed by atoms with Crippen molar-refractivity contribution in [3.8, 4) is 0 Å². The monoisotopic (exact) mass is 355 g/mol. The minimum Gasteiger partial charge on any atom is -0.207 e. The first kappa shape index (κ1) is 14.3. The van der Waals surface area contributed by atoms with Crippen molar-refractivity contribution in [1.29, 1.82) is 0 Å². The Hall–Kier alpha value is -0.650. The molecule has 1 saturated heterocycles. The van der Waals surface area contributed by atoms with Crippen LogP contribution in [0.25, 0.3) is 0 Å². The number of allylic oxidation sites excluding steroid dienone is 2. The molecule has 2 unspecified atom stereocenters. The lowest BCUT2D eigenvalue weighted by molar-refractivity contribution is 0.411. The molecule has 3 nitrogen and oxygen atoms in total. The molecule has 0 saturated carbocycles. The Kier molecular flexibility index (Phi) is 3.77. The summed E-state index contributed by atoms with van der Waals surface area (Å²) in [7, 11) is -3.35. The number of hydrogen-bond acceptors (Lipinski definition) is 2. The zero-order chi connectivity index (χ0) is 14.3. The van der Waals surface area contributed by atoms with Crippen LogP contribution in [0.5, 0.6) is 0 Å². The summed E-state index contributed by atoms with van der Waals surface area (Å²) < 4.78 is 28.1. The molecular formula is C15H18BrNO2S. The van der Waals surface area contributed by atoms with E-state index in [1.165, 1.54) is 0 Å². The largest absolute Gasteiger partial charge is 0.243 e. The molecule has 1 aromatic rings. The molecule has 1 aliphatic carbocycles. The van der Waals surface area contributed by atoms with Crippen molar-refractivity contribution in [2.45, 2.75) is 24.7 Å². The average molecular weight is 356 g/mol. The van der Waals surface area contributed by atoms with Crippen molar-refractivity contribution in [3.05, 3.63) is 40.4 Å². The van der Waals surface area contributed by atoms with Gasteiger partial charge >= 0.3 is 0 Å². The summed E-state index contributed by atoms with van der Waals surface area (Å²) in [4.78, 5) is 0.407. The predicted molar refractivity (Wildman–Crippen MR) is 83.0 cm³/mol. The molecule has 20 heavy (non-hydrogen) atoms. The molecule has 1 aliphatic heterocycles. The van der Waals surface area contributed by atoms with Crippen LogP contribution >= 0.6 is 15.9 Å². The van der Waals surface area contributed by atoms with Crippen molar-refractivity contribution in [3.63, 3.8) is 0 Å². The van der Waals surface area contributed by atoms with Crippen LogP contribution in [0.1, 0.15) is 18.4 Å². The van der Waals surface area contributed by atoms with Crippen LogP contribution in [0.15, 0.2) is 39.7 Å². The molecule has 0 spiro atoms. The lowest BCUT2D eigenvalue weighted by atomic mass is 9.86. The maximum atomic E-state index is 12.7. The summed E-state index contributed by atoms with van der Waals surface area (Å²) in [6.07, 6.45) is 6.38. The second-order valence-electron chi connectivity index (χ2n) is 5.70. The average Bonchev–Trinajstić information content (AvgIpc) is 2.86. The number of fused-ring (bicyclic) bond motifs is 1. The summed E-state index contributed by atoms with van der Waals surface area (Å²) in [5.74, 6) is 0.984. The van der Waals surface area contributed by atoms with E-state index in [9.17, 15) is 8.42 Å². The fourth-order valence-corrected chi connectivity index (χ4v) is 4.98. The van der Waals surface area contributed by atoms with Gasteiger partial charge in [-0.25, -0.2) is 8.42 Å². The number of benzene rings is 1. The number of halogens is 1. The number of hydrogen-bond donors (Lipinski definition) is 0. The van der Waals surface area contributed by atoms with Gasteiger partial charge in [-0.1, -0.05) is 28.1 Å². The Morgan fingerprint density at radius 3 is 2.30 bits per heavy atom. The first-order valence-electron chi connectivity index (χ1n) is 6.90. The van der Waals surface area contributed by atoms with Crippen molar-refractivity contribution >= 4 is 26.0 Å². The molecule has 0 bridgehead atoms. The van der Waals surface area contributed by atoms with Crippen LogP contribution in [-0.2, 0) is 10.0 Å². The number of nitrogens with zero attached hydrogens (tertiary/aromatic N) is 1. The molecule has 1 heterocycles. The van der Waals surface area contributed by atoms with Gasteiger partial charge in [0.05, 0.1) is 4.90 Å². The number of rotatable bonds is 2. The minimum absolute atomic E-state index is 0.407. The zero-order valence-electron chi connectivity index (χ0n) is 11.4. The minimum atomic E-state index is -3.35. The van der Waals surface area contributed by atoms with Gasteiger partial charge in [0.15, 0.2) is 0 Å². The van der Waals surface area contributed by atoms with Crippen LogP contribution in [0.2, 0.25) is 0 Å². The third kappa shape index (κ3) is 2.47. The number of sulfonamides is 1. The fourth-order valence-electron chi connectivity index (χ4n) is 3.09. The molecule has 2 aliphatic rings. The number of aryl methyl sites for hydroxylation is 1. The maximum Gasteiger partial charge on any atom is 0.243 e. The summed E-state index contributed by atoms with van der Waals surface area (Å²) in [6, 6.07) is 5.25. The van der Waals surface area contributed by atoms with Gasteiger partial charge in [-0.2, -0.15) is 4.31 Å². The molecule has 2 atom stereocenters. The van der Waals surface area contributed by atoms with Crippen molar-refractivity contribution < 1.29 is 8.42 Å². The quantitative estimate of drug-likeness (QED) is 0.763. The lowest BCUT2D eigenvalue weighted by Crippen LogP contribution is -2.29. The summed E-state index contributed by atoms with van der Waals surface area (Å²) in [6.45, 7) is 3.23. The third-order valence-corrected chi connectivity index (χ3v) is 7.07. The summed E-state index contributed by atoms with van der Waals surface area (Å²) in [5, 5.41) is 0. The van der Waals surface area contributed by atoms with Crippen molar-refractivity contribution in [2.24, 2.45) is 11.8 Å². The highest BCUT2D eigenvalue weighted by molar-refractivity contribution is 9.10. The highest BCUT2D eigenvalue weighted by atomic mass is 79.9. The van der Waals surface area contributed by atoms with E-state index in [0.717, 1.165) is 22.9 Å². The molecule has 0 N–H and O–H groups in total. The Morgan fingerprint density at radius 1 is 1.15 bits per heavy atom. The van der Waals surface area contributed by atoms with E-state index in [2.05, 4.69) is 28.1 Å². The van der Waals surface area contributed by atoms with E-state index in [4.69, 9.17) is 0 Å². The van der Waals surface area contributed by atoms with Crippen molar-refractivity contribution in [2.75, 3.05) is 13.1 Å². The van der Waals surface area contributed by atoms with Gasteiger partial charge in [0.2, 0.25) is 10.0 Å². The molecule has 0 radical (unpaired) electrons. The topological polar surface area (TPSA) is 37.4 Å². The lowest BCUT2D eigenvalue weighted by Gasteiger charge is -2.18. The standard InChI is InChI=1S/C15H18BrNO2S/c1-11-8-14(6-7-15(11)16)20(18,19)17-9-12-4-2-3-5-13(12)10-17/h2-3,6-8,12-13H,4-5,9-10H2,1H3. The predicted octanol–water partition coefficient (Wildman–Crippen LogP) is 3.34. The highest BCUT2D eigenvalue weighted by Crippen LogP contribution is 2.36. The highest BCUT2D eigenvalue weighted by Gasteiger charge is 2.39. The smallest absolute Gasteiger partial charge is 0.207 e. The van der Waals surface area contributed by atoms with Gasteiger partial charge in [0.25, 0.3) is 0 Å². The SMILES string of the molecule is Cc1cc(S(=O)(=O)N2CC3CC=CCC3C2)ccc1Br. The Morgan fingerprint density at radius 2 is 1.75 bits per heavy atom. The second-order valence-corrected chi connectivity index (χ2v) is 8.49. The van der Waals surface area contributed by atoms with Gasteiger partial charge in [0.1, 0.15) is 0 Å². The van der Waals surface area contributed by atoms with E-state index < -0.39 is 10.0 Å². The first-order chi connectivity index (χ1) is 9.48. The van der Waals surface area contributed by atoms with Crippen LogP contribution in [0.3, 0.4) is 0 Å². The molecule has 3 rings (SSSR count). The third-order valence-electron chi connectivity index (χ3n) is 4.35. The molecular weight excluding hydrogens is 338 g/mol. The first-order valence-corrected chi connectivity index (χ1v) is 9.13. The molecule has 108 valence electrons. The zero-order valence-corrected chi connectivity index (χ0v) is 13.8. The van der Waals surface area contributed by atoms with Crippen LogP contribution in [0.4, 0.5) is 0 Å². The van der Waals surface area contributed by atoms with Gasteiger partial charge in [-0.3, -0.25) is 0 Å². The van der Waals surface area contributed by atoms with E-state index in [-0.39, 0.29) is 0 Å². The molecule has 1 aromatic carbocycles. The second kappa shape index (κ2) is 5.28. The summed E-state index contributed by atoms with van der Waals surface area (Å²) in [5.41, 5.74) is 0.948. The summed E-state index contributed by atoms with van der Waals surface area (Å²) >= 11 is 3.41. The van der Waals surface area contributed by atoms with E-state index in [0.29, 0.717) is 29.8 Å². The Balaban J connectivity index is 1.87. The Labute approximate surface area is 128 Å². The van der Waals surface area contributed by atoms with Crippen molar-refractivity contribution in [1.82, 2.24) is 4.31 Å². The van der Waals surface area contributed by atoms with E-state index in [1.807, 2.05) is 13.0 Å². The van der Waals surface area contributed by atoms with Crippen LogP contribution in [-0.4, -0.2) is 25.8 Å². The Bertz CT molecular complexity index is 638. The van der Waals surface area contributed by atoms with E-state index in [1.54, 1.807) is 16.4 Å². The normalized spacial score (nSPS) is 26.7. The molecule has 0 amide bonds. The van der Waals surface area contributed by atoms with Crippen LogP contribution in [0, 0.1) is 18.8 Å². The molecule has 1 fully saturated rings. The van der Waals surface area contributed by atoms with Gasteiger partial charge in [-0.05, 0) is 55.4 Å². The van der Waals surface area contributed by atoms with Gasteiger partial charge in [0, 0.05) is 17.6 Å². The van der Waals surface area contributed by atoms with Crippen LogP contribution < -0.4 is 0 Å². The van der Waals surface area contributed by atoms with Gasteiger partial charge < -0.3 is 0 Å². The molecule has 5 heteroatoms.